The molecule has 0 radical (unpaired) electrons. The van der Waals surface area contributed by atoms with E-state index in [0.717, 1.165) is 16.3 Å². The fourth-order valence-electron chi connectivity index (χ4n) is 5.24. The largest absolute Gasteiger partial charge is 0.464 e. The predicted octanol–water partition coefficient (Wildman–Crippen LogP) is 4.84. The van der Waals surface area contributed by atoms with Crippen LogP contribution in [0, 0.1) is 0 Å². The molecule has 1 fully saturated rings. The highest BCUT2D eigenvalue weighted by molar-refractivity contribution is 6.19. The molecule has 0 spiro atoms. The molecular formula is C30H36ClNO10. The van der Waals surface area contributed by atoms with Gasteiger partial charge in [-0.25, -0.2) is 4.79 Å². The van der Waals surface area contributed by atoms with Crippen LogP contribution in [-0.4, -0.2) is 73.2 Å². The van der Waals surface area contributed by atoms with Crippen molar-refractivity contribution in [2.45, 2.75) is 84.1 Å². The van der Waals surface area contributed by atoms with Crippen LogP contribution in [0.5, 0.6) is 5.75 Å². The van der Waals surface area contributed by atoms with Crippen molar-refractivity contribution in [3.8, 4) is 5.75 Å². The molecule has 2 aliphatic heterocycles. The Kier molecular flexibility index (Phi) is 9.52. The summed E-state index contributed by atoms with van der Waals surface area (Å²) in [7, 11) is 0. The van der Waals surface area contributed by atoms with Crippen molar-refractivity contribution >= 4 is 52.1 Å². The molecule has 0 saturated carbocycles. The van der Waals surface area contributed by atoms with Crippen LogP contribution in [0.3, 0.4) is 0 Å². The first kappa shape index (κ1) is 31.4. The molecule has 42 heavy (non-hydrogen) atoms. The van der Waals surface area contributed by atoms with Gasteiger partial charge in [0, 0.05) is 50.6 Å². The van der Waals surface area contributed by atoms with E-state index in [0.29, 0.717) is 23.9 Å². The quantitative estimate of drug-likeness (QED) is 0.246. The number of alkyl halides is 1. The molecule has 2 aliphatic rings. The maximum absolute atomic E-state index is 13.2. The number of halogens is 1. The number of esters is 3. The molecule has 0 aliphatic carbocycles. The molecule has 1 saturated heterocycles. The summed E-state index contributed by atoms with van der Waals surface area (Å²) in [6.07, 6.45) is -4.45. The minimum absolute atomic E-state index is 0.0135. The normalized spacial score (nSPS) is 23.6. The fraction of sp³-hybridized carbons (Fsp3) is 0.533. The summed E-state index contributed by atoms with van der Waals surface area (Å²) in [5, 5.41) is 1.60. The maximum Gasteiger partial charge on any atom is 0.414 e. The SMILES string of the molecule is CC(=O)OCC1O[C@@H](Oc2cc3c(c4ccccc24)[C@H](CCl)CN3C(=O)OC(C)(C)C)C[C@@H](OC(C)=O)[C@H]1OC(C)=O. The van der Waals surface area contributed by atoms with Crippen LogP contribution in [0.15, 0.2) is 30.3 Å². The van der Waals surface area contributed by atoms with E-state index in [1.165, 1.54) is 20.8 Å². The van der Waals surface area contributed by atoms with Gasteiger partial charge in [0.25, 0.3) is 0 Å². The number of rotatable bonds is 7. The third kappa shape index (κ3) is 7.25. The monoisotopic (exact) mass is 605 g/mol. The summed E-state index contributed by atoms with van der Waals surface area (Å²) in [6, 6.07) is 9.32. The second-order valence-corrected chi connectivity index (χ2v) is 11.6. The maximum atomic E-state index is 13.2. The van der Waals surface area contributed by atoms with E-state index in [-0.39, 0.29) is 18.9 Å². The zero-order chi connectivity index (χ0) is 30.8. The van der Waals surface area contributed by atoms with Crippen LogP contribution in [-0.2, 0) is 38.1 Å². The first-order chi connectivity index (χ1) is 19.8. The Labute approximate surface area is 249 Å². The van der Waals surface area contributed by atoms with Crippen molar-refractivity contribution in [1.29, 1.82) is 0 Å². The summed E-state index contributed by atoms with van der Waals surface area (Å²) in [6.45, 7) is 9.16. The molecule has 12 heteroatoms. The molecule has 228 valence electrons. The molecule has 2 aromatic carbocycles. The average molecular weight is 606 g/mol. The number of amides is 1. The van der Waals surface area contributed by atoms with E-state index in [4.69, 9.17) is 40.0 Å². The minimum atomic E-state index is -1.03. The average Bonchev–Trinajstić information content (AvgIpc) is 3.26. The number of benzene rings is 2. The van der Waals surface area contributed by atoms with Crippen LogP contribution in [0.1, 0.15) is 59.4 Å². The Morgan fingerprint density at radius 3 is 2.26 bits per heavy atom. The highest BCUT2D eigenvalue weighted by Crippen LogP contribution is 2.46. The Balaban J connectivity index is 1.73. The van der Waals surface area contributed by atoms with Crippen molar-refractivity contribution in [3.63, 3.8) is 0 Å². The molecule has 2 aromatic rings. The van der Waals surface area contributed by atoms with Gasteiger partial charge in [-0.15, -0.1) is 11.6 Å². The van der Waals surface area contributed by atoms with Gasteiger partial charge in [-0.1, -0.05) is 24.3 Å². The number of carbonyl (C=O) groups excluding carboxylic acids is 4. The molecule has 5 atom stereocenters. The van der Waals surface area contributed by atoms with Gasteiger partial charge in [0.2, 0.25) is 6.29 Å². The Hall–Kier alpha value is -3.57. The van der Waals surface area contributed by atoms with E-state index in [2.05, 4.69) is 0 Å². The second-order valence-electron chi connectivity index (χ2n) is 11.3. The third-order valence-corrected chi connectivity index (χ3v) is 7.11. The summed E-state index contributed by atoms with van der Waals surface area (Å²) < 4.78 is 34.3. The topological polar surface area (TPSA) is 127 Å². The fourth-order valence-corrected chi connectivity index (χ4v) is 5.49. The van der Waals surface area contributed by atoms with E-state index in [1.807, 2.05) is 24.3 Å². The number of carbonyl (C=O) groups is 4. The summed E-state index contributed by atoms with van der Waals surface area (Å²) in [5.41, 5.74) is 0.804. The van der Waals surface area contributed by atoms with E-state index in [1.54, 1.807) is 31.7 Å². The third-order valence-electron chi connectivity index (χ3n) is 6.74. The van der Waals surface area contributed by atoms with Crippen LogP contribution in [0.2, 0.25) is 0 Å². The van der Waals surface area contributed by atoms with E-state index in [9.17, 15) is 19.2 Å². The molecule has 4 rings (SSSR count). The van der Waals surface area contributed by atoms with E-state index < -0.39 is 54.2 Å². The number of anilines is 1. The lowest BCUT2D eigenvalue weighted by Gasteiger charge is -2.40. The lowest BCUT2D eigenvalue weighted by Crippen LogP contribution is -2.54. The van der Waals surface area contributed by atoms with Gasteiger partial charge >= 0.3 is 24.0 Å². The Bertz CT molecular complexity index is 1360. The van der Waals surface area contributed by atoms with Crippen molar-refractivity contribution in [3.05, 3.63) is 35.9 Å². The zero-order valence-corrected chi connectivity index (χ0v) is 25.3. The highest BCUT2D eigenvalue weighted by Gasteiger charge is 2.45. The molecule has 1 amide bonds. The molecule has 11 nitrogen and oxygen atoms in total. The summed E-state index contributed by atoms with van der Waals surface area (Å²) in [4.78, 5) is 50.2. The van der Waals surface area contributed by atoms with Crippen LogP contribution in [0.4, 0.5) is 10.5 Å². The highest BCUT2D eigenvalue weighted by atomic mass is 35.5. The van der Waals surface area contributed by atoms with Crippen molar-refractivity contribution in [1.82, 2.24) is 0 Å². The number of ether oxygens (including phenoxy) is 6. The molecule has 1 unspecified atom stereocenters. The van der Waals surface area contributed by atoms with Crippen LogP contribution in [0.25, 0.3) is 10.8 Å². The number of fused-ring (bicyclic) bond motifs is 3. The minimum Gasteiger partial charge on any atom is -0.464 e. The second kappa shape index (κ2) is 12.7. The van der Waals surface area contributed by atoms with Crippen molar-refractivity contribution in [2.24, 2.45) is 0 Å². The first-order valence-electron chi connectivity index (χ1n) is 13.7. The van der Waals surface area contributed by atoms with E-state index >= 15 is 0 Å². The Morgan fingerprint density at radius 1 is 1.00 bits per heavy atom. The molecule has 0 bridgehead atoms. The van der Waals surface area contributed by atoms with Gasteiger partial charge in [0.1, 0.15) is 30.2 Å². The van der Waals surface area contributed by atoms with Crippen LogP contribution < -0.4 is 9.64 Å². The van der Waals surface area contributed by atoms with Gasteiger partial charge < -0.3 is 28.4 Å². The van der Waals surface area contributed by atoms with Gasteiger partial charge in [-0.2, -0.15) is 0 Å². The molecule has 0 aromatic heterocycles. The number of hydrogen-bond acceptors (Lipinski definition) is 10. The van der Waals surface area contributed by atoms with Gasteiger partial charge in [0.15, 0.2) is 6.10 Å². The summed E-state index contributed by atoms with van der Waals surface area (Å²) >= 11 is 6.37. The summed E-state index contributed by atoms with van der Waals surface area (Å²) in [5.74, 6) is -1.21. The Morgan fingerprint density at radius 2 is 1.67 bits per heavy atom. The van der Waals surface area contributed by atoms with Crippen molar-refractivity contribution < 1.29 is 47.6 Å². The molecule has 2 heterocycles. The van der Waals surface area contributed by atoms with Crippen molar-refractivity contribution in [2.75, 3.05) is 23.9 Å². The van der Waals surface area contributed by atoms with Gasteiger partial charge in [-0.3, -0.25) is 19.3 Å². The van der Waals surface area contributed by atoms with Gasteiger partial charge in [0.05, 0.1) is 12.1 Å². The van der Waals surface area contributed by atoms with Crippen LogP contribution >= 0.6 is 11.6 Å². The lowest BCUT2D eigenvalue weighted by atomic mass is 9.95. The smallest absolute Gasteiger partial charge is 0.414 e. The first-order valence-corrected chi connectivity index (χ1v) is 14.2. The lowest BCUT2D eigenvalue weighted by molar-refractivity contribution is -0.245. The zero-order valence-electron chi connectivity index (χ0n) is 24.5. The van der Waals surface area contributed by atoms with Gasteiger partial charge in [-0.05, 0) is 31.7 Å². The predicted molar refractivity (Wildman–Crippen MR) is 153 cm³/mol. The molecule has 0 N–H and O–H groups in total. The molecular weight excluding hydrogens is 570 g/mol. The number of nitrogens with zero attached hydrogens (tertiary/aromatic N) is 1. The number of hydrogen-bond donors (Lipinski definition) is 0. The standard InChI is InChI=1S/C30H36ClNO10/c1-16(33)37-15-25-28(39-18(3)35)24(38-17(2)34)12-26(41-25)40-23-11-22-27(21-10-8-7-9-20(21)23)19(13-31)14-32(22)29(36)42-30(4,5)6/h7-11,19,24-26,28H,12-15H2,1-6H3/t19-,24-,25?,26-,28-/m1/s1.